The molecule has 2 rings (SSSR count). The summed E-state index contributed by atoms with van der Waals surface area (Å²) in [6.45, 7) is 0. The lowest BCUT2D eigenvalue weighted by Crippen LogP contribution is -2.20. The first-order valence-corrected chi connectivity index (χ1v) is 6.00. The molecule has 2 N–H and O–H groups in total. The topological polar surface area (TPSA) is 64.9 Å². The lowest BCUT2D eigenvalue weighted by molar-refractivity contribution is 0.262. The highest BCUT2D eigenvalue weighted by Gasteiger charge is 2.09. The molecule has 100 valence electrons. The molecular formula is C14H9ClFN3O. The molecule has 0 bridgehead atoms. The van der Waals surface area contributed by atoms with Gasteiger partial charge in [-0.25, -0.2) is 9.18 Å². The van der Waals surface area contributed by atoms with E-state index in [0.29, 0.717) is 10.7 Å². The monoisotopic (exact) mass is 289 g/mol. The minimum Gasteiger partial charge on any atom is -0.306 e. The van der Waals surface area contributed by atoms with Gasteiger partial charge < -0.3 is 10.6 Å². The fraction of sp³-hybridized carbons (Fsp3) is 0. The maximum atomic E-state index is 13.0. The zero-order valence-corrected chi connectivity index (χ0v) is 10.9. The molecule has 0 radical (unpaired) electrons. The van der Waals surface area contributed by atoms with Gasteiger partial charge in [-0.05, 0) is 30.3 Å². The predicted octanol–water partition coefficient (Wildman–Crippen LogP) is 3.99. The quantitative estimate of drug-likeness (QED) is 0.878. The second-order valence-corrected chi connectivity index (χ2v) is 4.27. The largest absolute Gasteiger partial charge is 0.323 e. The number of nitrogens with one attached hydrogen (secondary N) is 2. The van der Waals surface area contributed by atoms with E-state index in [0.717, 1.165) is 12.1 Å². The smallest absolute Gasteiger partial charge is 0.306 e. The van der Waals surface area contributed by atoms with Crippen molar-refractivity contribution in [2.24, 2.45) is 0 Å². The van der Waals surface area contributed by atoms with Gasteiger partial charge in [0.25, 0.3) is 0 Å². The number of anilines is 2. The summed E-state index contributed by atoms with van der Waals surface area (Å²) < 4.78 is 13.0. The third kappa shape index (κ3) is 3.25. The highest BCUT2D eigenvalue weighted by molar-refractivity contribution is 6.33. The van der Waals surface area contributed by atoms with Crippen LogP contribution in [-0.4, -0.2) is 6.03 Å². The van der Waals surface area contributed by atoms with Gasteiger partial charge in [-0.3, -0.25) is 0 Å². The number of carbonyl (C=O) groups is 1. The Labute approximate surface area is 119 Å². The lowest BCUT2D eigenvalue weighted by Gasteiger charge is -2.09. The molecule has 0 aliphatic heterocycles. The first kappa shape index (κ1) is 13.8. The average molecular weight is 290 g/mol. The van der Waals surface area contributed by atoms with E-state index in [1.165, 1.54) is 6.07 Å². The van der Waals surface area contributed by atoms with Crippen LogP contribution in [0, 0.1) is 17.1 Å². The minimum absolute atomic E-state index is 0.0410. The molecule has 0 saturated heterocycles. The highest BCUT2D eigenvalue weighted by atomic mass is 35.5. The second-order valence-electron chi connectivity index (χ2n) is 3.86. The van der Waals surface area contributed by atoms with Crippen molar-refractivity contribution in [2.45, 2.75) is 0 Å². The summed E-state index contributed by atoms with van der Waals surface area (Å²) in [5.41, 5.74) is 0.699. The molecule has 0 spiro atoms. The van der Waals surface area contributed by atoms with Crippen molar-refractivity contribution in [2.75, 3.05) is 10.6 Å². The summed E-state index contributed by atoms with van der Waals surface area (Å²) in [5.74, 6) is -0.543. The number of hydrogen-bond donors (Lipinski definition) is 2. The molecule has 0 aliphatic rings. The molecule has 2 aromatic rings. The van der Waals surface area contributed by atoms with Gasteiger partial charge in [0, 0.05) is 0 Å². The highest BCUT2D eigenvalue weighted by Crippen LogP contribution is 2.21. The number of rotatable bonds is 2. The van der Waals surface area contributed by atoms with Crippen LogP contribution >= 0.6 is 11.6 Å². The zero-order chi connectivity index (χ0) is 14.5. The summed E-state index contributed by atoms with van der Waals surface area (Å²) in [5, 5.41) is 14.3. The van der Waals surface area contributed by atoms with Crippen molar-refractivity contribution in [1.82, 2.24) is 0 Å². The Bertz CT molecular complexity index is 697. The molecule has 0 heterocycles. The van der Waals surface area contributed by atoms with Gasteiger partial charge in [0.05, 0.1) is 22.0 Å². The van der Waals surface area contributed by atoms with Crippen LogP contribution in [0.25, 0.3) is 0 Å². The average Bonchev–Trinajstić information content (AvgIpc) is 2.43. The van der Waals surface area contributed by atoms with E-state index in [9.17, 15) is 9.18 Å². The van der Waals surface area contributed by atoms with Gasteiger partial charge in [0.15, 0.2) is 0 Å². The standard InChI is InChI=1S/C14H9ClFN3O/c15-11-3-1-2-4-13(11)19-14(20)18-12-6-5-10(16)7-9(12)8-17/h1-7H,(H2,18,19,20). The maximum Gasteiger partial charge on any atom is 0.323 e. The summed E-state index contributed by atoms with van der Waals surface area (Å²) in [4.78, 5) is 11.8. The van der Waals surface area contributed by atoms with Crippen LogP contribution in [0.1, 0.15) is 5.56 Å². The Kier molecular flexibility index (Phi) is 4.18. The van der Waals surface area contributed by atoms with Crippen LogP contribution in [0.4, 0.5) is 20.6 Å². The summed E-state index contributed by atoms with van der Waals surface area (Å²) in [6.07, 6.45) is 0. The van der Waals surface area contributed by atoms with Crippen molar-refractivity contribution in [3.05, 3.63) is 58.9 Å². The number of carbonyl (C=O) groups excluding carboxylic acids is 1. The number of amides is 2. The molecular weight excluding hydrogens is 281 g/mol. The molecule has 0 fully saturated rings. The van der Waals surface area contributed by atoms with E-state index in [4.69, 9.17) is 16.9 Å². The van der Waals surface area contributed by atoms with E-state index in [2.05, 4.69) is 10.6 Å². The van der Waals surface area contributed by atoms with Crippen molar-refractivity contribution >= 4 is 29.0 Å². The van der Waals surface area contributed by atoms with E-state index in [1.54, 1.807) is 24.3 Å². The van der Waals surface area contributed by atoms with Crippen LogP contribution in [0.15, 0.2) is 42.5 Å². The minimum atomic E-state index is -0.568. The number of urea groups is 1. The lowest BCUT2D eigenvalue weighted by atomic mass is 10.2. The zero-order valence-electron chi connectivity index (χ0n) is 10.2. The van der Waals surface area contributed by atoms with Crippen molar-refractivity contribution in [1.29, 1.82) is 5.26 Å². The Morgan fingerprint density at radius 1 is 1.15 bits per heavy atom. The Hall–Kier alpha value is -2.58. The number of para-hydroxylation sites is 1. The summed E-state index contributed by atoms with van der Waals surface area (Å²) >= 11 is 5.91. The summed E-state index contributed by atoms with van der Waals surface area (Å²) in [7, 11) is 0. The van der Waals surface area contributed by atoms with E-state index >= 15 is 0 Å². The Morgan fingerprint density at radius 3 is 2.55 bits per heavy atom. The van der Waals surface area contributed by atoms with Crippen molar-refractivity contribution in [3.8, 4) is 6.07 Å². The molecule has 0 saturated carbocycles. The van der Waals surface area contributed by atoms with Gasteiger partial charge in [-0.1, -0.05) is 23.7 Å². The van der Waals surface area contributed by atoms with E-state index < -0.39 is 11.8 Å². The molecule has 0 unspecified atom stereocenters. The van der Waals surface area contributed by atoms with Crippen LogP contribution < -0.4 is 10.6 Å². The Morgan fingerprint density at radius 2 is 1.85 bits per heavy atom. The molecule has 0 aromatic heterocycles. The number of nitrogens with zero attached hydrogens (tertiary/aromatic N) is 1. The summed E-state index contributed by atoms with van der Waals surface area (Å²) in [6, 6.07) is 11.5. The Balaban J connectivity index is 2.13. The van der Waals surface area contributed by atoms with Gasteiger partial charge >= 0.3 is 6.03 Å². The van der Waals surface area contributed by atoms with Crippen LogP contribution in [0.3, 0.4) is 0 Å². The SMILES string of the molecule is N#Cc1cc(F)ccc1NC(=O)Nc1ccccc1Cl. The fourth-order valence-electron chi connectivity index (χ4n) is 1.56. The van der Waals surface area contributed by atoms with Gasteiger partial charge in [0.1, 0.15) is 11.9 Å². The molecule has 2 aromatic carbocycles. The first-order valence-electron chi connectivity index (χ1n) is 5.62. The first-order chi connectivity index (χ1) is 9.60. The third-order valence-electron chi connectivity index (χ3n) is 2.47. The molecule has 0 aliphatic carbocycles. The number of nitriles is 1. The maximum absolute atomic E-state index is 13.0. The number of halogens is 2. The van der Waals surface area contributed by atoms with E-state index in [1.807, 2.05) is 6.07 Å². The third-order valence-corrected chi connectivity index (χ3v) is 2.80. The molecule has 0 atom stereocenters. The van der Waals surface area contributed by atoms with Crippen molar-refractivity contribution < 1.29 is 9.18 Å². The van der Waals surface area contributed by atoms with Crippen LogP contribution in [0.5, 0.6) is 0 Å². The van der Waals surface area contributed by atoms with E-state index in [-0.39, 0.29) is 11.3 Å². The molecule has 6 heteroatoms. The fourth-order valence-corrected chi connectivity index (χ4v) is 1.74. The molecule has 20 heavy (non-hydrogen) atoms. The van der Waals surface area contributed by atoms with Gasteiger partial charge in [-0.15, -0.1) is 0 Å². The number of hydrogen-bond acceptors (Lipinski definition) is 2. The van der Waals surface area contributed by atoms with Crippen molar-refractivity contribution in [3.63, 3.8) is 0 Å². The predicted molar refractivity (Wildman–Crippen MR) is 75.2 cm³/mol. The number of benzene rings is 2. The molecule has 2 amide bonds. The van der Waals surface area contributed by atoms with Gasteiger partial charge in [-0.2, -0.15) is 5.26 Å². The second kappa shape index (κ2) is 6.04. The molecule has 4 nitrogen and oxygen atoms in total. The van der Waals surface area contributed by atoms with Crippen LogP contribution in [0.2, 0.25) is 5.02 Å². The normalized spacial score (nSPS) is 9.65. The van der Waals surface area contributed by atoms with Gasteiger partial charge in [0.2, 0.25) is 0 Å². The van der Waals surface area contributed by atoms with Crippen LogP contribution in [-0.2, 0) is 0 Å².